The summed E-state index contributed by atoms with van der Waals surface area (Å²) >= 11 is 0. The molecule has 0 aliphatic carbocycles. The molecule has 6 heteroatoms. The Morgan fingerprint density at radius 1 is 1.00 bits per heavy atom. The van der Waals surface area contributed by atoms with Gasteiger partial charge in [0, 0.05) is 12.1 Å². The number of unbranched alkanes of at least 4 members (excludes halogenated alkanes) is 2. The first-order valence-corrected chi connectivity index (χ1v) is 12.1. The molecule has 180 valence electrons. The van der Waals surface area contributed by atoms with Gasteiger partial charge in [-0.3, -0.25) is 14.2 Å². The van der Waals surface area contributed by atoms with Crippen molar-refractivity contribution in [2.45, 2.75) is 46.1 Å². The summed E-state index contributed by atoms with van der Waals surface area (Å²) in [5, 5.41) is 0.468. The number of amides is 1. The highest BCUT2D eigenvalue weighted by molar-refractivity contribution is 5.94. The van der Waals surface area contributed by atoms with E-state index >= 15 is 0 Å². The van der Waals surface area contributed by atoms with Gasteiger partial charge in [-0.25, -0.2) is 9.37 Å². The van der Waals surface area contributed by atoms with E-state index in [1.165, 1.54) is 16.7 Å². The van der Waals surface area contributed by atoms with Gasteiger partial charge in [0.1, 0.15) is 11.6 Å². The lowest BCUT2D eigenvalue weighted by Gasteiger charge is -2.31. The summed E-state index contributed by atoms with van der Waals surface area (Å²) in [6.07, 6.45) is 2.85. The largest absolute Gasteiger partial charge is 0.329 e. The van der Waals surface area contributed by atoms with Gasteiger partial charge in [0.2, 0.25) is 0 Å². The van der Waals surface area contributed by atoms with Crippen LogP contribution < -0.4 is 5.56 Å². The Bertz CT molecular complexity index is 1380. The van der Waals surface area contributed by atoms with E-state index in [0.29, 0.717) is 34.5 Å². The lowest BCUT2D eigenvalue weighted by Crippen LogP contribution is -2.38. The fraction of sp³-hybridized carbons (Fsp3) is 0.276. The predicted octanol–water partition coefficient (Wildman–Crippen LogP) is 6.23. The van der Waals surface area contributed by atoms with E-state index in [1.807, 2.05) is 44.2 Å². The van der Waals surface area contributed by atoms with Gasteiger partial charge in [-0.15, -0.1) is 0 Å². The lowest BCUT2D eigenvalue weighted by molar-refractivity contribution is 0.0677. The minimum absolute atomic E-state index is 0.110. The van der Waals surface area contributed by atoms with Crippen LogP contribution in [-0.2, 0) is 0 Å². The molecule has 1 unspecified atom stereocenters. The Balaban J connectivity index is 1.87. The lowest BCUT2D eigenvalue weighted by atomic mass is 10.1. The molecule has 0 saturated heterocycles. The number of aromatic nitrogens is 2. The second kappa shape index (κ2) is 10.6. The molecule has 0 saturated carbocycles. The van der Waals surface area contributed by atoms with Crippen LogP contribution in [0.5, 0.6) is 0 Å². The molecule has 1 atom stereocenters. The van der Waals surface area contributed by atoms with Crippen molar-refractivity contribution >= 4 is 16.8 Å². The number of fused-ring (bicyclic) bond motifs is 1. The third-order valence-corrected chi connectivity index (χ3v) is 6.29. The van der Waals surface area contributed by atoms with Crippen LogP contribution in [0.15, 0.2) is 77.6 Å². The van der Waals surface area contributed by atoms with Crippen LogP contribution >= 0.6 is 0 Å². The fourth-order valence-electron chi connectivity index (χ4n) is 4.27. The second-order valence-corrected chi connectivity index (χ2v) is 8.85. The minimum Gasteiger partial charge on any atom is -0.329 e. The van der Waals surface area contributed by atoms with E-state index in [0.717, 1.165) is 24.8 Å². The number of para-hydroxylation sites is 1. The molecule has 35 heavy (non-hydrogen) atoms. The first kappa shape index (κ1) is 24.3. The van der Waals surface area contributed by atoms with Crippen LogP contribution in [0.25, 0.3) is 16.6 Å². The van der Waals surface area contributed by atoms with Crippen molar-refractivity contribution in [1.82, 2.24) is 14.5 Å². The smallest absolute Gasteiger partial charge is 0.266 e. The summed E-state index contributed by atoms with van der Waals surface area (Å²) in [5.41, 5.74) is 2.49. The number of carbonyl (C=O) groups is 1. The van der Waals surface area contributed by atoms with Gasteiger partial charge in [0.25, 0.3) is 11.5 Å². The van der Waals surface area contributed by atoms with Gasteiger partial charge in [0.15, 0.2) is 0 Å². The minimum atomic E-state index is -0.497. The van der Waals surface area contributed by atoms with Gasteiger partial charge in [-0.2, -0.15) is 0 Å². The van der Waals surface area contributed by atoms with E-state index in [-0.39, 0.29) is 17.3 Å². The summed E-state index contributed by atoms with van der Waals surface area (Å²) in [6, 6.07) is 19.9. The zero-order valence-electron chi connectivity index (χ0n) is 20.4. The maximum Gasteiger partial charge on any atom is 0.266 e. The molecule has 0 N–H and O–H groups in total. The zero-order chi connectivity index (χ0) is 24.9. The molecule has 4 rings (SSSR count). The van der Waals surface area contributed by atoms with Gasteiger partial charge in [-0.1, -0.05) is 49.6 Å². The Morgan fingerprint density at radius 3 is 2.37 bits per heavy atom. The normalized spacial score (nSPS) is 12.0. The molecule has 0 aliphatic rings. The number of hydrogen-bond acceptors (Lipinski definition) is 3. The maximum absolute atomic E-state index is 13.7. The van der Waals surface area contributed by atoms with Crippen LogP contribution in [0, 0.1) is 12.7 Å². The van der Waals surface area contributed by atoms with E-state index in [9.17, 15) is 14.0 Å². The number of rotatable bonds is 8. The highest BCUT2D eigenvalue weighted by Crippen LogP contribution is 2.25. The number of hydrogen-bond donors (Lipinski definition) is 0. The predicted molar refractivity (Wildman–Crippen MR) is 137 cm³/mol. The third kappa shape index (κ3) is 5.16. The van der Waals surface area contributed by atoms with Crippen molar-refractivity contribution in [3.8, 4) is 5.69 Å². The standard InChI is InChI=1S/C29H30FN3O2/c1-4-5-8-19-32(28(34)22-13-11-20(2)12-14-22)21(3)27-31-26-10-7-6-9-25(26)29(35)33(27)24-17-15-23(30)16-18-24/h6-7,9-18,21H,4-5,8,19H2,1-3H3. The van der Waals surface area contributed by atoms with Crippen molar-refractivity contribution in [2.24, 2.45) is 0 Å². The van der Waals surface area contributed by atoms with Crippen molar-refractivity contribution in [1.29, 1.82) is 0 Å². The summed E-state index contributed by atoms with van der Waals surface area (Å²) in [6.45, 7) is 6.53. The summed E-state index contributed by atoms with van der Waals surface area (Å²) in [7, 11) is 0. The number of aryl methyl sites for hydroxylation is 1. The molecule has 0 fully saturated rings. The molecule has 0 radical (unpaired) electrons. The molecule has 1 amide bonds. The first-order chi connectivity index (χ1) is 16.9. The zero-order valence-corrected chi connectivity index (χ0v) is 20.4. The monoisotopic (exact) mass is 471 g/mol. The van der Waals surface area contributed by atoms with E-state index < -0.39 is 6.04 Å². The van der Waals surface area contributed by atoms with Crippen LogP contribution in [0.1, 0.15) is 60.9 Å². The number of carbonyl (C=O) groups excluding carboxylic acids is 1. The molecule has 1 heterocycles. The molecule has 0 spiro atoms. The highest BCUT2D eigenvalue weighted by Gasteiger charge is 2.27. The van der Waals surface area contributed by atoms with Gasteiger partial charge >= 0.3 is 0 Å². The molecule has 0 bridgehead atoms. The van der Waals surface area contributed by atoms with Crippen LogP contribution in [0.2, 0.25) is 0 Å². The van der Waals surface area contributed by atoms with E-state index in [2.05, 4.69) is 6.92 Å². The molecule has 4 aromatic rings. The highest BCUT2D eigenvalue weighted by atomic mass is 19.1. The van der Waals surface area contributed by atoms with Gasteiger partial charge in [0.05, 0.1) is 22.6 Å². The van der Waals surface area contributed by atoms with Gasteiger partial charge < -0.3 is 4.90 Å². The second-order valence-electron chi connectivity index (χ2n) is 8.85. The summed E-state index contributed by atoms with van der Waals surface area (Å²) < 4.78 is 15.2. The van der Waals surface area contributed by atoms with Crippen molar-refractivity contribution in [2.75, 3.05) is 6.54 Å². The van der Waals surface area contributed by atoms with Gasteiger partial charge in [-0.05, 0) is 68.8 Å². The SMILES string of the molecule is CCCCCN(C(=O)c1ccc(C)cc1)C(C)c1nc2ccccc2c(=O)n1-c1ccc(F)cc1. The quantitative estimate of drug-likeness (QED) is 0.286. The topological polar surface area (TPSA) is 55.2 Å². The summed E-state index contributed by atoms with van der Waals surface area (Å²) in [4.78, 5) is 33.9. The molecule has 3 aromatic carbocycles. The fourth-order valence-corrected chi connectivity index (χ4v) is 4.27. The van der Waals surface area contributed by atoms with Crippen LogP contribution in [0.3, 0.4) is 0 Å². The average molecular weight is 472 g/mol. The Labute approximate surface area is 204 Å². The Kier molecular flexibility index (Phi) is 7.39. The first-order valence-electron chi connectivity index (χ1n) is 12.1. The van der Waals surface area contributed by atoms with E-state index in [4.69, 9.17) is 4.98 Å². The Hall–Kier alpha value is -3.80. The van der Waals surface area contributed by atoms with Crippen molar-refractivity contribution < 1.29 is 9.18 Å². The molecular formula is C29H30FN3O2. The van der Waals surface area contributed by atoms with Crippen molar-refractivity contribution in [3.05, 3.63) is 106 Å². The van der Waals surface area contributed by atoms with Crippen LogP contribution in [0.4, 0.5) is 4.39 Å². The van der Waals surface area contributed by atoms with Crippen molar-refractivity contribution in [3.63, 3.8) is 0 Å². The molecular weight excluding hydrogens is 441 g/mol. The maximum atomic E-state index is 13.7. The number of benzene rings is 3. The summed E-state index contributed by atoms with van der Waals surface area (Å²) in [5.74, 6) is -0.0557. The third-order valence-electron chi connectivity index (χ3n) is 6.29. The molecule has 1 aromatic heterocycles. The average Bonchev–Trinajstić information content (AvgIpc) is 2.87. The number of nitrogens with zero attached hydrogens (tertiary/aromatic N) is 3. The molecule has 0 aliphatic heterocycles. The Morgan fingerprint density at radius 2 is 1.69 bits per heavy atom. The molecule has 5 nitrogen and oxygen atoms in total. The van der Waals surface area contributed by atoms with E-state index in [1.54, 1.807) is 35.2 Å². The number of halogens is 1. The van der Waals surface area contributed by atoms with Crippen LogP contribution in [-0.4, -0.2) is 26.9 Å².